The first-order valence-corrected chi connectivity index (χ1v) is 8.91. The number of nitrogens with zero attached hydrogens (tertiary/aromatic N) is 3. The summed E-state index contributed by atoms with van der Waals surface area (Å²) >= 11 is 0. The number of ether oxygens (including phenoxy) is 2. The Morgan fingerprint density at radius 3 is 2.68 bits per heavy atom. The first kappa shape index (κ1) is 19.4. The predicted molar refractivity (Wildman–Crippen MR) is 104 cm³/mol. The number of benzene rings is 2. The maximum atomic E-state index is 12.6. The topological polar surface area (TPSA) is 77.7 Å². The highest BCUT2D eigenvalue weighted by atomic mass is 16.5. The molecule has 0 saturated carbocycles. The quantitative estimate of drug-likeness (QED) is 0.624. The van der Waals surface area contributed by atoms with Gasteiger partial charge in [-0.1, -0.05) is 29.4 Å². The van der Waals surface area contributed by atoms with Gasteiger partial charge in [-0.3, -0.25) is 4.79 Å². The van der Waals surface area contributed by atoms with Gasteiger partial charge in [0.15, 0.2) is 6.10 Å². The molecule has 7 heteroatoms. The van der Waals surface area contributed by atoms with Crippen LogP contribution in [0.3, 0.4) is 0 Å². The number of carbonyl (C=O) groups is 1. The van der Waals surface area contributed by atoms with E-state index in [1.807, 2.05) is 55.5 Å². The van der Waals surface area contributed by atoms with Crippen molar-refractivity contribution in [1.29, 1.82) is 0 Å². The normalized spacial score (nSPS) is 11.7. The number of aromatic nitrogens is 2. The highest BCUT2D eigenvalue weighted by Gasteiger charge is 2.21. The lowest BCUT2D eigenvalue weighted by Gasteiger charge is -2.20. The number of amides is 1. The summed E-state index contributed by atoms with van der Waals surface area (Å²) in [4.78, 5) is 18.5. The average Bonchev–Trinajstić information content (AvgIpc) is 3.16. The van der Waals surface area contributed by atoms with Gasteiger partial charge in [-0.2, -0.15) is 4.98 Å². The van der Waals surface area contributed by atoms with E-state index >= 15 is 0 Å². The van der Waals surface area contributed by atoms with Crippen LogP contribution in [0, 0.1) is 6.92 Å². The molecule has 28 heavy (non-hydrogen) atoms. The summed E-state index contributed by atoms with van der Waals surface area (Å²) in [5, 5.41) is 3.99. The number of carbonyl (C=O) groups excluding carboxylic acids is 1. The van der Waals surface area contributed by atoms with Crippen LogP contribution in [-0.4, -0.2) is 41.2 Å². The van der Waals surface area contributed by atoms with Crippen LogP contribution in [0.2, 0.25) is 0 Å². The van der Waals surface area contributed by atoms with Gasteiger partial charge >= 0.3 is 0 Å². The van der Waals surface area contributed by atoms with Crippen LogP contribution in [0.5, 0.6) is 11.5 Å². The third kappa shape index (κ3) is 4.68. The second kappa shape index (κ2) is 8.56. The molecule has 1 atom stereocenters. The molecule has 1 aromatic heterocycles. The highest BCUT2D eigenvalue weighted by Crippen LogP contribution is 2.21. The molecule has 2 aromatic carbocycles. The number of aryl methyl sites for hydroxylation is 1. The molecule has 0 unspecified atom stereocenters. The van der Waals surface area contributed by atoms with E-state index in [1.54, 1.807) is 21.1 Å². The molecular formula is C21H23N3O4. The zero-order valence-corrected chi connectivity index (χ0v) is 16.4. The van der Waals surface area contributed by atoms with Crippen LogP contribution < -0.4 is 9.47 Å². The minimum absolute atomic E-state index is 0.178. The monoisotopic (exact) mass is 381 g/mol. The van der Waals surface area contributed by atoms with Crippen molar-refractivity contribution >= 4 is 5.91 Å². The molecule has 1 amide bonds. The van der Waals surface area contributed by atoms with Crippen LogP contribution in [-0.2, 0) is 11.3 Å². The van der Waals surface area contributed by atoms with E-state index in [0.717, 1.165) is 11.1 Å². The van der Waals surface area contributed by atoms with E-state index in [1.165, 1.54) is 4.90 Å². The van der Waals surface area contributed by atoms with Gasteiger partial charge in [-0.25, -0.2) is 0 Å². The third-order valence-corrected chi connectivity index (χ3v) is 4.19. The standard InChI is InChI=1S/C21H23N3O4/c1-14-7-5-10-18(11-14)27-15(2)21(25)24(3)13-19-22-20(23-28-19)16-8-6-9-17(12-16)26-4/h5-12,15H,13H2,1-4H3/t15-/m1/s1. The molecule has 0 N–H and O–H groups in total. The summed E-state index contributed by atoms with van der Waals surface area (Å²) in [7, 11) is 3.27. The summed E-state index contributed by atoms with van der Waals surface area (Å²) in [6, 6.07) is 15.0. The number of methoxy groups -OCH3 is 1. The molecule has 3 rings (SSSR count). The maximum Gasteiger partial charge on any atom is 0.263 e. The largest absolute Gasteiger partial charge is 0.497 e. The third-order valence-electron chi connectivity index (χ3n) is 4.19. The van der Waals surface area contributed by atoms with Gasteiger partial charge in [0, 0.05) is 12.6 Å². The fourth-order valence-corrected chi connectivity index (χ4v) is 2.73. The van der Waals surface area contributed by atoms with Crippen molar-refractivity contribution in [2.75, 3.05) is 14.2 Å². The van der Waals surface area contributed by atoms with Crippen LogP contribution in [0.1, 0.15) is 18.4 Å². The second-order valence-corrected chi connectivity index (χ2v) is 6.51. The molecule has 1 heterocycles. The van der Waals surface area contributed by atoms with Crippen molar-refractivity contribution < 1.29 is 18.8 Å². The van der Waals surface area contributed by atoms with Crippen LogP contribution >= 0.6 is 0 Å². The Labute approximate surface area is 163 Å². The van der Waals surface area contributed by atoms with E-state index in [-0.39, 0.29) is 12.5 Å². The lowest BCUT2D eigenvalue weighted by molar-refractivity contribution is -0.137. The highest BCUT2D eigenvalue weighted by molar-refractivity contribution is 5.80. The summed E-state index contributed by atoms with van der Waals surface area (Å²) in [5.74, 6) is 1.98. The van der Waals surface area contributed by atoms with Crippen molar-refractivity contribution in [1.82, 2.24) is 15.0 Å². The molecule has 0 aliphatic carbocycles. The first-order chi connectivity index (χ1) is 13.5. The molecular weight excluding hydrogens is 358 g/mol. The fraction of sp³-hybridized carbons (Fsp3) is 0.286. The SMILES string of the molecule is COc1cccc(-c2noc(CN(C)C(=O)[C@@H](C)Oc3cccc(C)c3)n2)c1. The van der Waals surface area contributed by atoms with Gasteiger partial charge in [0.2, 0.25) is 11.7 Å². The Kier molecular flexibility index (Phi) is 5.93. The van der Waals surface area contributed by atoms with Crippen molar-refractivity contribution in [2.24, 2.45) is 0 Å². The second-order valence-electron chi connectivity index (χ2n) is 6.51. The lowest BCUT2D eigenvalue weighted by Crippen LogP contribution is -2.37. The van der Waals surface area contributed by atoms with E-state index in [0.29, 0.717) is 23.2 Å². The molecule has 7 nitrogen and oxygen atoms in total. The molecule has 3 aromatic rings. The van der Waals surface area contributed by atoms with Crippen LogP contribution in [0.4, 0.5) is 0 Å². The van der Waals surface area contributed by atoms with Crippen LogP contribution in [0.25, 0.3) is 11.4 Å². The van der Waals surface area contributed by atoms with Crippen molar-refractivity contribution in [3.63, 3.8) is 0 Å². The maximum absolute atomic E-state index is 12.6. The van der Waals surface area contributed by atoms with E-state index in [2.05, 4.69) is 10.1 Å². The minimum atomic E-state index is -0.632. The van der Waals surface area contributed by atoms with Gasteiger partial charge in [-0.15, -0.1) is 0 Å². The fourth-order valence-electron chi connectivity index (χ4n) is 2.73. The van der Waals surface area contributed by atoms with E-state index < -0.39 is 6.10 Å². The Bertz CT molecular complexity index is 954. The van der Waals surface area contributed by atoms with Gasteiger partial charge in [0.1, 0.15) is 11.5 Å². The van der Waals surface area contributed by atoms with Crippen molar-refractivity contribution in [2.45, 2.75) is 26.5 Å². The first-order valence-electron chi connectivity index (χ1n) is 8.91. The molecule has 146 valence electrons. The van der Waals surface area contributed by atoms with Crippen molar-refractivity contribution in [3.05, 3.63) is 60.0 Å². The summed E-state index contributed by atoms with van der Waals surface area (Å²) in [6.07, 6.45) is -0.632. The van der Waals surface area contributed by atoms with Gasteiger partial charge in [-0.05, 0) is 43.7 Å². The smallest absolute Gasteiger partial charge is 0.263 e. The Morgan fingerprint density at radius 1 is 1.18 bits per heavy atom. The Hall–Kier alpha value is -3.35. The lowest BCUT2D eigenvalue weighted by atomic mass is 10.2. The van der Waals surface area contributed by atoms with Gasteiger partial charge in [0.25, 0.3) is 5.91 Å². The van der Waals surface area contributed by atoms with E-state index in [4.69, 9.17) is 14.0 Å². The molecule has 0 aliphatic heterocycles. The zero-order valence-electron chi connectivity index (χ0n) is 16.4. The van der Waals surface area contributed by atoms with E-state index in [9.17, 15) is 4.79 Å². The minimum Gasteiger partial charge on any atom is -0.497 e. The molecule has 0 radical (unpaired) electrons. The zero-order chi connectivity index (χ0) is 20.1. The average molecular weight is 381 g/mol. The number of hydrogen-bond donors (Lipinski definition) is 0. The molecule has 0 fully saturated rings. The number of hydrogen-bond acceptors (Lipinski definition) is 6. The molecule has 0 aliphatic rings. The van der Waals surface area contributed by atoms with Crippen LogP contribution in [0.15, 0.2) is 53.1 Å². The van der Waals surface area contributed by atoms with Gasteiger partial charge in [0.05, 0.1) is 13.7 Å². The summed E-state index contributed by atoms with van der Waals surface area (Å²) in [5.41, 5.74) is 1.85. The summed E-state index contributed by atoms with van der Waals surface area (Å²) in [6.45, 7) is 3.88. The number of likely N-dealkylation sites (N-methyl/N-ethyl adjacent to an activating group) is 1. The van der Waals surface area contributed by atoms with Gasteiger partial charge < -0.3 is 18.9 Å². The Balaban J connectivity index is 1.63. The number of rotatable bonds is 7. The van der Waals surface area contributed by atoms with Crippen molar-refractivity contribution in [3.8, 4) is 22.9 Å². The molecule has 0 spiro atoms. The predicted octanol–water partition coefficient (Wildman–Crippen LogP) is 3.48. The Morgan fingerprint density at radius 2 is 1.93 bits per heavy atom. The summed E-state index contributed by atoms with van der Waals surface area (Å²) < 4.78 is 16.2. The molecule has 0 saturated heterocycles. The molecule has 0 bridgehead atoms.